The molecule has 8 aromatic rings. The van der Waals surface area contributed by atoms with Gasteiger partial charge in [-0.1, -0.05) is 133 Å². The van der Waals surface area contributed by atoms with Crippen LogP contribution in [-0.4, -0.2) is 20.0 Å². The molecule has 8 aromatic carbocycles. The Bertz CT molecular complexity index is 2430. The summed E-state index contributed by atoms with van der Waals surface area (Å²) in [7, 11) is 3.27. The molecule has 0 spiro atoms. The number of hydrogen-bond donors (Lipinski definition) is 0. The summed E-state index contributed by atoms with van der Waals surface area (Å²) in [6.07, 6.45) is 0. The molecule has 8 heteroatoms. The van der Waals surface area contributed by atoms with Gasteiger partial charge in [0, 0.05) is 39.3 Å². The SMILES string of the molecule is COc1cc(-c2c(C(=O)c3ccc4ccccc4c3-c3ccc(OCc4ccccc4)c(OC)c3)ccc3ccccc23)ccc1OCc1ccccc1.[Mn].[O-2].[O-2]. The molecule has 0 aliphatic rings. The van der Waals surface area contributed by atoms with Gasteiger partial charge in [0.25, 0.3) is 0 Å². The van der Waals surface area contributed by atoms with E-state index < -0.39 is 0 Å². The number of benzene rings is 8. The molecule has 0 saturated heterocycles. The Morgan fingerprint density at radius 3 is 1.23 bits per heavy atom. The van der Waals surface area contributed by atoms with Gasteiger partial charge in [-0.05, 0) is 80.2 Å². The maximum Gasteiger partial charge on any atom is 0.194 e. The smallest absolute Gasteiger partial charge is 0.194 e. The molecule has 287 valence electrons. The van der Waals surface area contributed by atoms with Gasteiger partial charge < -0.3 is 29.9 Å². The Morgan fingerprint density at radius 1 is 0.439 bits per heavy atom. The van der Waals surface area contributed by atoms with Crippen LogP contribution in [-0.2, 0) is 41.2 Å². The van der Waals surface area contributed by atoms with E-state index >= 15 is 4.79 Å². The molecule has 1 radical (unpaired) electrons. The van der Waals surface area contributed by atoms with E-state index in [-0.39, 0.29) is 33.8 Å². The van der Waals surface area contributed by atoms with E-state index in [0.717, 1.165) is 54.9 Å². The van der Waals surface area contributed by atoms with Crippen LogP contribution in [0.1, 0.15) is 27.0 Å². The fourth-order valence-corrected chi connectivity index (χ4v) is 7.04. The number of methoxy groups -OCH3 is 2. The molecule has 0 atom stereocenters. The summed E-state index contributed by atoms with van der Waals surface area (Å²) in [6, 6.07) is 56.0. The first-order valence-corrected chi connectivity index (χ1v) is 17.9. The van der Waals surface area contributed by atoms with Gasteiger partial charge in [-0.25, -0.2) is 0 Å². The Labute approximate surface area is 342 Å². The van der Waals surface area contributed by atoms with Crippen LogP contribution in [0, 0.1) is 0 Å². The van der Waals surface area contributed by atoms with E-state index in [2.05, 4.69) is 24.3 Å². The van der Waals surface area contributed by atoms with Crippen LogP contribution in [0.3, 0.4) is 0 Å². The molecule has 8 rings (SSSR count). The van der Waals surface area contributed by atoms with E-state index in [9.17, 15) is 0 Å². The van der Waals surface area contributed by atoms with Crippen molar-refractivity contribution in [2.75, 3.05) is 14.2 Å². The molecular formula is C49H38MnO7-4. The zero-order chi connectivity index (χ0) is 36.9. The van der Waals surface area contributed by atoms with Crippen LogP contribution < -0.4 is 18.9 Å². The number of carbonyl (C=O) groups excluding carboxylic acids is 1. The molecule has 0 heterocycles. The second-order valence-electron chi connectivity index (χ2n) is 13.0. The average Bonchev–Trinajstić information content (AvgIpc) is 3.24. The average molecular weight is 794 g/mol. The summed E-state index contributed by atoms with van der Waals surface area (Å²) in [5, 5.41) is 3.99. The van der Waals surface area contributed by atoms with Crippen LogP contribution in [0.25, 0.3) is 43.8 Å². The van der Waals surface area contributed by atoms with Gasteiger partial charge in [0.2, 0.25) is 0 Å². The van der Waals surface area contributed by atoms with Crippen LogP contribution >= 0.6 is 0 Å². The van der Waals surface area contributed by atoms with Crippen molar-refractivity contribution in [3.05, 3.63) is 192 Å². The van der Waals surface area contributed by atoms with Crippen molar-refractivity contribution in [3.63, 3.8) is 0 Å². The molecule has 0 unspecified atom stereocenters. The van der Waals surface area contributed by atoms with Crippen LogP contribution in [0.5, 0.6) is 23.0 Å². The number of carbonyl (C=O) groups is 1. The third-order valence-electron chi connectivity index (χ3n) is 9.73. The standard InChI is InChI=1S/C49H38O5.Mn.2O/c1-51-45-29-37(23-27-43(45)53-31-33-13-5-3-6-14-33)47-39-19-11-9-17-35(39)21-25-41(47)49(50)42-26-22-36-18-10-12-20-40(36)48(42)38-24-28-44(46(30-38)52-2)54-32-34-15-7-4-8-16-34;;;/h3-30H,31-32H2,1-2H3;;;/q;;2*-2. The van der Waals surface area contributed by atoms with E-state index in [1.807, 2.05) is 146 Å². The number of ether oxygens (including phenoxy) is 4. The fraction of sp³-hybridized carbons (Fsp3) is 0.0816. The third-order valence-corrected chi connectivity index (χ3v) is 9.73. The van der Waals surface area contributed by atoms with E-state index in [0.29, 0.717) is 47.3 Å². The summed E-state index contributed by atoms with van der Waals surface area (Å²) >= 11 is 0. The second-order valence-corrected chi connectivity index (χ2v) is 13.0. The quantitative estimate of drug-likeness (QED) is 0.0903. The summed E-state index contributed by atoms with van der Waals surface area (Å²) in [5.74, 6) is 2.33. The van der Waals surface area contributed by atoms with Gasteiger partial charge in [0.05, 0.1) is 14.2 Å². The van der Waals surface area contributed by atoms with Gasteiger partial charge in [-0.15, -0.1) is 0 Å². The molecular weight excluding hydrogens is 755 g/mol. The predicted molar refractivity (Wildman–Crippen MR) is 218 cm³/mol. The Hall–Kier alpha value is -6.41. The summed E-state index contributed by atoms with van der Waals surface area (Å²) in [6.45, 7) is 0.814. The van der Waals surface area contributed by atoms with Gasteiger partial charge in [-0.3, -0.25) is 4.79 Å². The summed E-state index contributed by atoms with van der Waals surface area (Å²) < 4.78 is 24.1. The van der Waals surface area contributed by atoms with E-state index in [1.165, 1.54) is 0 Å². The van der Waals surface area contributed by atoms with Gasteiger partial charge >= 0.3 is 0 Å². The first-order valence-electron chi connectivity index (χ1n) is 17.9. The van der Waals surface area contributed by atoms with Gasteiger partial charge in [0.1, 0.15) is 13.2 Å². The van der Waals surface area contributed by atoms with Crippen molar-refractivity contribution in [1.29, 1.82) is 0 Å². The van der Waals surface area contributed by atoms with E-state index in [1.54, 1.807) is 14.2 Å². The first kappa shape index (κ1) is 41.7. The predicted octanol–water partition coefficient (Wildman–Crippen LogP) is 11.5. The van der Waals surface area contributed by atoms with Gasteiger partial charge in [-0.2, -0.15) is 0 Å². The summed E-state index contributed by atoms with van der Waals surface area (Å²) in [4.78, 5) is 15.2. The van der Waals surface area contributed by atoms with Crippen molar-refractivity contribution >= 4 is 27.3 Å². The zero-order valence-corrected chi connectivity index (χ0v) is 32.5. The molecule has 57 heavy (non-hydrogen) atoms. The van der Waals surface area contributed by atoms with Crippen molar-refractivity contribution < 1.29 is 51.8 Å². The van der Waals surface area contributed by atoms with Crippen LogP contribution in [0.15, 0.2) is 170 Å². The molecule has 0 fully saturated rings. The Kier molecular flexibility index (Phi) is 13.9. The normalized spacial score (nSPS) is 10.4. The largest absolute Gasteiger partial charge is 2.00 e. The monoisotopic (exact) mass is 793 g/mol. The molecule has 0 saturated carbocycles. The molecule has 0 N–H and O–H groups in total. The van der Waals surface area contributed by atoms with Crippen molar-refractivity contribution in [3.8, 4) is 45.3 Å². The molecule has 0 aromatic heterocycles. The van der Waals surface area contributed by atoms with Crippen molar-refractivity contribution in [2.24, 2.45) is 0 Å². The van der Waals surface area contributed by atoms with E-state index in [4.69, 9.17) is 18.9 Å². The Morgan fingerprint density at radius 2 is 0.825 bits per heavy atom. The second kappa shape index (κ2) is 19.0. The topological polar surface area (TPSA) is 111 Å². The number of rotatable bonds is 12. The Balaban J connectivity index is 0.00000207. The number of hydrogen-bond acceptors (Lipinski definition) is 5. The minimum atomic E-state index is -0.0942. The number of fused-ring (bicyclic) bond motifs is 2. The molecule has 0 aliphatic heterocycles. The number of ketones is 1. The van der Waals surface area contributed by atoms with Crippen LogP contribution in [0.2, 0.25) is 0 Å². The molecule has 0 amide bonds. The fourth-order valence-electron chi connectivity index (χ4n) is 7.04. The molecule has 0 bridgehead atoms. The maximum atomic E-state index is 15.2. The summed E-state index contributed by atoms with van der Waals surface area (Å²) in [5.41, 5.74) is 6.64. The van der Waals surface area contributed by atoms with Crippen LogP contribution in [0.4, 0.5) is 0 Å². The third kappa shape index (κ3) is 8.70. The van der Waals surface area contributed by atoms with Gasteiger partial charge in [0.15, 0.2) is 28.8 Å². The zero-order valence-electron chi connectivity index (χ0n) is 31.3. The van der Waals surface area contributed by atoms with Crippen molar-refractivity contribution in [2.45, 2.75) is 13.2 Å². The molecule has 7 nitrogen and oxygen atoms in total. The minimum Gasteiger partial charge on any atom is -2.00 e. The first-order chi connectivity index (χ1) is 26.6. The minimum absolute atomic E-state index is 0. The van der Waals surface area contributed by atoms with Crippen molar-refractivity contribution in [1.82, 2.24) is 0 Å². The maximum absolute atomic E-state index is 15.2. The molecule has 0 aliphatic carbocycles.